The van der Waals surface area contributed by atoms with Crippen LogP contribution in [0, 0.1) is 0 Å². The lowest BCUT2D eigenvalue weighted by atomic mass is 9.91. The maximum Gasteiger partial charge on any atom is 0.128 e. The van der Waals surface area contributed by atoms with E-state index in [-0.39, 0.29) is 17.6 Å². The molecule has 1 aromatic rings. The lowest BCUT2D eigenvalue weighted by Crippen LogP contribution is -2.52. The van der Waals surface area contributed by atoms with E-state index in [1.54, 1.807) is 0 Å². The van der Waals surface area contributed by atoms with Gasteiger partial charge >= 0.3 is 0 Å². The third kappa shape index (κ3) is 2.93. The highest BCUT2D eigenvalue weighted by Gasteiger charge is 2.42. The van der Waals surface area contributed by atoms with Crippen molar-refractivity contribution in [1.29, 1.82) is 0 Å². The van der Waals surface area contributed by atoms with Gasteiger partial charge in [0.05, 0.1) is 5.38 Å². The molecular weight excluding hydrogens is 236 g/mol. The van der Waals surface area contributed by atoms with Crippen LogP contribution >= 0.6 is 11.6 Å². The molecule has 0 heterocycles. The molecule has 0 amide bonds. The first-order valence-corrected chi connectivity index (χ1v) is 6.69. The average Bonchev–Trinajstić information content (AvgIpc) is 2.36. The van der Waals surface area contributed by atoms with E-state index in [0.29, 0.717) is 6.61 Å². The van der Waals surface area contributed by atoms with Crippen molar-refractivity contribution >= 4 is 11.6 Å². The monoisotopic (exact) mass is 254 g/mol. The van der Waals surface area contributed by atoms with Crippen LogP contribution in [-0.4, -0.2) is 24.2 Å². The summed E-state index contributed by atoms with van der Waals surface area (Å²) in [6.07, 6.45) is 2.05. The van der Waals surface area contributed by atoms with Crippen LogP contribution in [0.3, 0.4) is 0 Å². The zero-order valence-electron chi connectivity index (χ0n) is 10.4. The molecule has 0 spiro atoms. The van der Waals surface area contributed by atoms with Gasteiger partial charge in [0.1, 0.15) is 18.0 Å². The fraction of sp³-hybridized carbons (Fsp3) is 0.571. The maximum atomic E-state index is 6.10. The molecular formula is C14H19ClO2. The fourth-order valence-electron chi connectivity index (χ4n) is 2.03. The normalized spacial score (nSPS) is 27.6. The van der Waals surface area contributed by atoms with E-state index >= 15 is 0 Å². The summed E-state index contributed by atoms with van der Waals surface area (Å²) in [4.78, 5) is 0. The first-order chi connectivity index (χ1) is 8.24. The van der Waals surface area contributed by atoms with Crippen LogP contribution in [0.25, 0.3) is 0 Å². The van der Waals surface area contributed by atoms with E-state index in [9.17, 15) is 0 Å². The molecule has 1 fully saturated rings. The van der Waals surface area contributed by atoms with Gasteiger partial charge in [0.25, 0.3) is 0 Å². The number of benzene rings is 1. The number of hydrogen-bond acceptors (Lipinski definition) is 2. The van der Waals surface area contributed by atoms with Crippen LogP contribution in [0.5, 0.6) is 5.75 Å². The van der Waals surface area contributed by atoms with Crippen molar-refractivity contribution in [2.45, 2.75) is 44.3 Å². The largest absolute Gasteiger partial charge is 0.488 e. The summed E-state index contributed by atoms with van der Waals surface area (Å²) in [7, 11) is 0. The highest BCUT2D eigenvalue weighted by Crippen LogP contribution is 2.33. The Morgan fingerprint density at radius 2 is 1.94 bits per heavy atom. The molecule has 1 aromatic carbocycles. The molecule has 2 rings (SSSR count). The number of aryl methyl sites for hydroxylation is 1. The lowest BCUT2D eigenvalue weighted by Gasteiger charge is -2.40. The fourth-order valence-corrected chi connectivity index (χ4v) is 2.44. The van der Waals surface area contributed by atoms with Crippen LogP contribution in [-0.2, 0) is 11.2 Å². The molecule has 3 unspecified atom stereocenters. The van der Waals surface area contributed by atoms with Gasteiger partial charge in [0.15, 0.2) is 0 Å². The first kappa shape index (κ1) is 12.7. The zero-order valence-corrected chi connectivity index (χ0v) is 11.1. The van der Waals surface area contributed by atoms with Crippen LogP contribution in [0.15, 0.2) is 24.3 Å². The molecule has 0 aliphatic heterocycles. The summed E-state index contributed by atoms with van der Waals surface area (Å²) in [6, 6.07) is 8.23. The molecule has 0 aromatic heterocycles. The third-order valence-electron chi connectivity index (χ3n) is 3.16. The Hall–Kier alpha value is -0.730. The van der Waals surface area contributed by atoms with Crippen molar-refractivity contribution in [3.8, 4) is 5.75 Å². The van der Waals surface area contributed by atoms with Crippen molar-refractivity contribution in [2.75, 3.05) is 6.61 Å². The topological polar surface area (TPSA) is 18.5 Å². The van der Waals surface area contributed by atoms with Crippen LogP contribution in [0.1, 0.15) is 25.8 Å². The second-order valence-electron chi connectivity index (χ2n) is 4.33. The molecule has 1 aliphatic rings. The van der Waals surface area contributed by atoms with Crippen LogP contribution < -0.4 is 4.74 Å². The number of alkyl halides is 1. The molecule has 94 valence electrons. The maximum absolute atomic E-state index is 6.10. The van der Waals surface area contributed by atoms with Gasteiger partial charge in [-0.1, -0.05) is 19.1 Å². The van der Waals surface area contributed by atoms with Gasteiger partial charge in [0, 0.05) is 13.0 Å². The van der Waals surface area contributed by atoms with Gasteiger partial charge in [0.2, 0.25) is 0 Å². The predicted octanol–water partition coefficient (Wildman–Crippen LogP) is 3.41. The van der Waals surface area contributed by atoms with Crippen molar-refractivity contribution in [3.63, 3.8) is 0 Å². The Bertz CT molecular complexity index is 350. The summed E-state index contributed by atoms with van der Waals surface area (Å²) in [6.45, 7) is 4.81. The van der Waals surface area contributed by atoms with Crippen LogP contribution in [0.2, 0.25) is 0 Å². The van der Waals surface area contributed by atoms with Gasteiger partial charge in [-0.2, -0.15) is 0 Å². The molecule has 0 radical (unpaired) electrons. The minimum absolute atomic E-state index is 0.0347. The minimum atomic E-state index is 0.0347. The summed E-state index contributed by atoms with van der Waals surface area (Å²) in [5, 5.41) is 0.0925. The smallest absolute Gasteiger partial charge is 0.128 e. The quantitative estimate of drug-likeness (QED) is 0.750. The number of hydrogen-bond donors (Lipinski definition) is 0. The van der Waals surface area contributed by atoms with E-state index in [0.717, 1.165) is 18.6 Å². The SMILES string of the molecule is CCOC1C(Cl)CC1Oc1ccc(CC)cc1. The lowest BCUT2D eigenvalue weighted by molar-refractivity contribution is -0.0759. The molecule has 1 saturated carbocycles. The Kier molecular flexibility index (Phi) is 4.30. The Balaban J connectivity index is 1.92. The van der Waals surface area contributed by atoms with Gasteiger partial charge in [-0.15, -0.1) is 11.6 Å². The zero-order chi connectivity index (χ0) is 12.3. The van der Waals surface area contributed by atoms with Crippen LogP contribution in [0.4, 0.5) is 0 Å². The molecule has 0 saturated heterocycles. The summed E-state index contributed by atoms with van der Waals surface area (Å²) >= 11 is 6.10. The second-order valence-corrected chi connectivity index (χ2v) is 4.89. The standard InChI is InChI=1S/C14H19ClO2/c1-3-10-5-7-11(8-6-10)17-13-9-12(15)14(13)16-4-2/h5-8,12-14H,3-4,9H2,1-2H3. The third-order valence-corrected chi connectivity index (χ3v) is 3.59. The predicted molar refractivity (Wildman–Crippen MR) is 69.9 cm³/mol. The van der Waals surface area contributed by atoms with E-state index < -0.39 is 0 Å². The Labute approximate surface area is 108 Å². The molecule has 0 N–H and O–H groups in total. The molecule has 2 nitrogen and oxygen atoms in total. The van der Waals surface area contributed by atoms with Gasteiger partial charge in [-0.3, -0.25) is 0 Å². The molecule has 0 bridgehead atoms. The highest BCUT2D eigenvalue weighted by molar-refractivity contribution is 6.21. The van der Waals surface area contributed by atoms with E-state index in [1.165, 1.54) is 5.56 Å². The van der Waals surface area contributed by atoms with E-state index in [2.05, 4.69) is 19.1 Å². The van der Waals surface area contributed by atoms with E-state index in [4.69, 9.17) is 21.1 Å². The number of ether oxygens (including phenoxy) is 2. The molecule has 3 atom stereocenters. The number of halogens is 1. The molecule has 3 heteroatoms. The molecule has 1 aliphatic carbocycles. The van der Waals surface area contributed by atoms with Gasteiger partial charge < -0.3 is 9.47 Å². The molecule has 17 heavy (non-hydrogen) atoms. The van der Waals surface area contributed by atoms with Crippen molar-refractivity contribution in [2.24, 2.45) is 0 Å². The Morgan fingerprint density at radius 3 is 2.47 bits per heavy atom. The Morgan fingerprint density at radius 1 is 1.24 bits per heavy atom. The summed E-state index contributed by atoms with van der Waals surface area (Å²) in [5.41, 5.74) is 1.32. The summed E-state index contributed by atoms with van der Waals surface area (Å²) in [5.74, 6) is 0.903. The van der Waals surface area contributed by atoms with E-state index in [1.807, 2.05) is 19.1 Å². The average molecular weight is 255 g/mol. The second kappa shape index (κ2) is 5.74. The minimum Gasteiger partial charge on any atom is -0.488 e. The van der Waals surface area contributed by atoms with Crippen molar-refractivity contribution in [1.82, 2.24) is 0 Å². The number of rotatable bonds is 5. The highest BCUT2D eigenvalue weighted by atomic mass is 35.5. The van der Waals surface area contributed by atoms with Gasteiger partial charge in [-0.05, 0) is 31.0 Å². The van der Waals surface area contributed by atoms with Gasteiger partial charge in [-0.25, -0.2) is 0 Å². The van der Waals surface area contributed by atoms with Crippen molar-refractivity contribution in [3.05, 3.63) is 29.8 Å². The van der Waals surface area contributed by atoms with Crippen molar-refractivity contribution < 1.29 is 9.47 Å². The summed E-state index contributed by atoms with van der Waals surface area (Å²) < 4.78 is 11.4. The first-order valence-electron chi connectivity index (χ1n) is 6.25.